The van der Waals surface area contributed by atoms with Crippen molar-refractivity contribution in [1.29, 1.82) is 5.26 Å². The van der Waals surface area contributed by atoms with Gasteiger partial charge in [0.25, 0.3) is 0 Å². The predicted molar refractivity (Wildman–Crippen MR) is 55.9 cm³/mol. The Morgan fingerprint density at radius 3 is 3.00 bits per heavy atom. The molecular weight excluding hydrogens is 204 g/mol. The van der Waals surface area contributed by atoms with Crippen LogP contribution in [-0.4, -0.2) is 6.54 Å². The van der Waals surface area contributed by atoms with Gasteiger partial charge in [0.05, 0.1) is 10.4 Å². The van der Waals surface area contributed by atoms with Crippen LogP contribution in [0.1, 0.15) is 17.7 Å². The highest BCUT2D eigenvalue weighted by Gasteiger charge is 1.96. The zero-order valence-corrected chi connectivity index (χ0v) is 8.79. The van der Waals surface area contributed by atoms with Gasteiger partial charge in [0.1, 0.15) is 0 Å². The molecule has 0 unspecified atom stereocenters. The second-order valence-electron chi connectivity index (χ2n) is 2.64. The summed E-state index contributed by atoms with van der Waals surface area (Å²) in [7, 11) is 0. The summed E-state index contributed by atoms with van der Waals surface area (Å²) in [5.41, 5.74) is 0. The topological polar surface area (TPSA) is 35.8 Å². The van der Waals surface area contributed by atoms with Gasteiger partial charge < -0.3 is 5.32 Å². The van der Waals surface area contributed by atoms with E-state index >= 15 is 0 Å². The summed E-state index contributed by atoms with van der Waals surface area (Å²) in [5.74, 6) is 0. The van der Waals surface area contributed by atoms with Gasteiger partial charge in [-0.25, -0.2) is 0 Å². The van der Waals surface area contributed by atoms with Crippen LogP contribution in [0.3, 0.4) is 0 Å². The number of halogens is 1. The number of hydrogen-bond donors (Lipinski definition) is 1. The molecule has 0 saturated carbocycles. The predicted octanol–water partition coefficient (Wildman–Crippen LogP) is 2.79. The maximum Gasteiger partial charge on any atom is 0.0931 e. The van der Waals surface area contributed by atoms with Crippen LogP contribution in [0, 0.1) is 11.3 Å². The van der Waals surface area contributed by atoms with Crippen molar-refractivity contribution < 1.29 is 0 Å². The summed E-state index contributed by atoms with van der Waals surface area (Å²) in [4.78, 5) is 1.24. The smallest absolute Gasteiger partial charge is 0.0931 e. The van der Waals surface area contributed by atoms with Gasteiger partial charge in [0, 0.05) is 17.8 Å². The Morgan fingerprint density at radius 2 is 2.38 bits per heavy atom. The lowest BCUT2D eigenvalue weighted by molar-refractivity contribution is 0.663. The van der Waals surface area contributed by atoms with E-state index in [9.17, 15) is 0 Å². The van der Waals surface area contributed by atoms with Crippen molar-refractivity contribution >= 4 is 22.9 Å². The van der Waals surface area contributed by atoms with Crippen molar-refractivity contribution in [2.75, 3.05) is 6.54 Å². The van der Waals surface area contributed by atoms with Gasteiger partial charge in [0.15, 0.2) is 0 Å². The van der Waals surface area contributed by atoms with Gasteiger partial charge >= 0.3 is 0 Å². The molecule has 1 N–H and O–H groups in total. The Balaban J connectivity index is 2.10. The first-order chi connectivity index (χ1) is 6.33. The number of rotatable bonds is 5. The van der Waals surface area contributed by atoms with E-state index in [4.69, 9.17) is 16.9 Å². The fraction of sp³-hybridized carbons (Fsp3) is 0.444. The number of thiophene rings is 1. The summed E-state index contributed by atoms with van der Waals surface area (Å²) < 4.78 is 0.828. The molecule has 0 saturated heterocycles. The van der Waals surface area contributed by atoms with Crippen LogP contribution in [0.4, 0.5) is 0 Å². The molecule has 0 aliphatic heterocycles. The van der Waals surface area contributed by atoms with Gasteiger partial charge in [-0.3, -0.25) is 0 Å². The Hall–Kier alpha value is -0.560. The van der Waals surface area contributed by atoms with E-state index < -0.39 is 0 Å². The molecule has 0 atom stereocenters. The first-order valence-electron chi connectivity index (χ1n) is 4.15. The van der Waals surface area contributed by atoms with Crippen molar-refractivity contribution in [2.45, 2.75) is 19.4 Å². The molecule has 1 aromatic rings. The molecule has 0 bridgehead atoms. The van der Waals surface area contributed by atoms with Crippen LogP contribution in [0.5, 0.6) is 0 Å². The molecule has 0 amide bonds. The number of nitrogens with zero attached hydrogens (tertiary/aromatic N) is 1. The Bertz CT molecular complexity index is 290. The molecule has 0 spiro atoms. The van der Waals surface area contributed by atoms with E-state index in [0.717, 1.165) is 23.8 Å². The second kappa shape index (κ2) is 5.98. The average molecular weight is 215 g/mol. The maximum atomic E-state index is 8.29. The molecule has 0 radical (unpaired) electrons. The molecule has 0 fully saturated rings. The maximum absolute atomic E-state index is 8.29. The molecule has 4 heteroatoms. The van der Waals surface area contributed by atoms with Crippen LogP contribution >= 0.6 is 22.9 Å². The van der Waals surface area contributed by atoms with Crippen LogP contribution in [0.15, 0.2) is 12.1 Å². The fourth-order valence-electron chi connectivity index (χ4n) is 0.951. The minimum atomic E-state index is 0.623. The van der Waals surface area contributed by atoms with Gasteiger partial charge in [-0.2, -0.15) is 5.26 Å². The van der Waals surface area contributed by atoms with E-state index in [-0.39, 0.29) is 0 Å². The molecule has 0 aliphatic carbocycles. The highest BCUT2D eigenvalue weighted by atomic mass is 35.5. The standard InChI is InChI=1S/C9H11ClN2S/c10-9-4-3-8(13-9)7-12-6-2-1-5-11/h3-4,12H,1-2,6-7H2. The minimum absolute atomic E-state index is 0.623. The monoisotopic (exact) mass is 214 g/mol. The zero-order chi connectivity index (χ0) is 9.52. The Morgan fingerprint density at radius 1 is 1.54 bits per heavy atom. The molecular formula is C9H11ClN2S. The lowest BCUT2D eigenvalue weighted by Crippen LogP contribution is -2.13. The van der Waals surface area contributed by atoms with Gasteiger partial charge in [-0.1, -0.05) is 11.6 Å². The van der Waals surface area contributed by atoms with E-state index in [0.29, 0.717) is 6.42 Å². The molecule has 1 heterocycles. The third-order valence-corrected chi connectivity index (χ3v) is 2.80. The summed E-state index contributed by atoms with van der Waals surface area (Å²) in [5, 5.41) is 11.5. The first kappa shape index (κ1) is 10.5. The second-order valence-corrected chi connectivity index (χ2v) is 4.44. The molecule has 0 aliphatic rings. The average Bonchev–Trinajstić information content (AvgIpc) is 2.51. The summed E-state index contributed by atoms with van der Waals surface area (Å²) in [6, 6.07) is 6.03. The molecule has 0 aromatic carbocycles. The van der Waals surface area contributed by atoms with Crippen molar-refractivity contribution in [1.82, 2.24) is 5.32 Å². The summed E-state index contributed by atoms with van der Waals surface area (Å²) in [6.45, 7) is 1.74. The first-order valence-corrected chi connectivity index (χ1v) is 5.34. The zero-order valence-electron chi connectivity index (χ0n) is 7.22. The number of nitriles is 1. The van der Waals surface area contributed by atoms with Crippen molar-refractivity contribution in [3.05, 3.63) is 21.3 Å². The summed E-state index contributed by atoms with van der Waals surface area (Å²) >= 11 is 7.36. The summed E-state index contributed by atoms with van der Waals surface area (Å²) in [6.07, 6.45) is 1.54. The van der Waals surface area contributed by atoms with Crippen LogP contribution in [0.2, 0.25) is 4.34 Å². The van der Waals surface area contributed by atoms with Crippen LogP contribution in [0.25, 0.3) is 0 Å². The molecule has 1 aromatic heterocycles. The van der Waals surface area contributed by atoms with Gasteiger partial charge in [-0.15, -0.1) is 11.3 Å². The fourth-order valence-corrected chi connectivity index (χ4v) is 2.01. The quantitative estimate of drug-likeness (QED) is 0.766. The van der Waals surface area contributed by atoms with Crippen LogP contribution < -0.4 is 5.32 Å². The number of hydrogen-bond acceptors (Lipinski definition) is 3. The van der Waals surface area contributed by atoms with E-state index in [2.05, 4.69) is 11.4 Å². The Labute approximate surface area is 87.1 Å². The van der Waals surface area contributed by atoms with Gasteiger partial charge in [-0.05, 0) is 25.1 Å². The lowest BCUT2D eigenvalue weighted by Gasteiger charge is -1.99. The van der Waals surface area contributed by atoms with E-state index in [1.165, 1.54) is 4.88 Å². The Kier molecular flexibility index (Phi) is 4.84. The third kappa shape index (κ3) is 4.28. The minimum Gasteiger partial charge on any atom is -0.312 e. The van der Waals surface area contributed by atoms with Crippen LogP contribution in [-0.2, 0) is 6.54 Å². The highest BCUT2D eigenvalue weighted by Crippen LogP contribution is 2.20. The van der Waals surface area contributed by atoms with E-state index in [1.54, 1.807) is 11.3 Å². The molecule has 70 valence electrons. The molecule has 2 nitrogen and oxygen atoms in total. The van der Waals surface area contributed by atoms with E-state index in [1.807, 2.05) is 12.1 Å². The lowest BCUT2D eigenvalue weighted by atomic mass is 10.3. The van der Waals surface area contributed by atoms with Crippen molar-refractivity contribution in [2.24, 2.45) is 0 Å². The molecule has 1 rings (SSSR count). The third-order valence-electron chi connectivity index (χ3n) is 1.57. The normalized spacial score (nSPS) is 9.85. The van der Waals surface area contributed by atoms with Crippen molar-refractivity contribution in [3.63, 3.8) is 0 Å². The largest absolute Gasteiger partial charge is 0.312 e. The number of nitrogens with one attached hydrogen (secondary N) is 1. The van der Waals surface area contributed by atoms with Gasteiger partial charge in [0.2, 0.25) is 0 Å². The highest BCUT2D eigenvalue weighted by molar-refractivity contribution is 7.16. The SMILES string of the molecule is N#CCCCNCc1ccc(Cl)s1. The molecule has 13 heavy (non-hydrogen) atoms. The number of unbranched alkanes of at least 4 members (excludes halogenated alkanes) is 1. The van der Waals surface area contributed by atoms with Crippen molar-refractivity contribution in [3.8, 4) is 6.07 Å².